The van der Waals surface area contributed by atoms with Gasteiger partial charge in [0.2, 0.25) is 0 Å². The minimum Gasteiger partial charge on any atom is -0.497 e. The molecule has 2 aromatic rings. The molecule has 3 saturated heterocycles. The molecule has 2 bridgehead atoms. The van der Waals surface area contributed by atoms with Crippen LogP contribution in [0.15, 0.2) is 52.5 Å². The minimum atomic E-state index is 0.0276. The zero-order chi connectivity index (χ0) is 17.9. The van der Waals surface area contributed by atoms with E-state index in [-0.39, 0.29) is 5.91 Å². The third-order valence-corrected chi connectivity index (χ3v) is 6.19. The van der Waals surface area contributed by atoms with E-state index in [2.05, 4.69) is 15.2 Å². The summed E-state index contributed by atoms with van der Waals surface area (Å²) in [6, 6.07) is 11.7. The van der Waals surface area contributed by atoms with Gasteiger partial charge in [0.05, 0.1) is 7.11 Å². The summed E-state index contributed by atoms with van der Waals surface area (Å²) in [6.45, 7) is 3.36. The predicted octanol–water partition coefficient (Wildman–Crippen LogP) is 3.07. The number of amides is 1. The fourth-order valence-electron chi connectivity index (χ4n) is 3.75. The van der Waals surface area contributed by atoms with E-state index in [1.165, 1.54) is 25.9 Å². The summed E-state index contributed by atoms with van der Waals surface area (Å²) in [4.78, 5) is 20.4. The van der Waals surface area contributed by atoms with E-state index in [0.717, 1.165) is 22.2 Å². The maximum atomic E-state index is 12.6. The maximum absolute atomic E-state index is 12.6. The van der Waals surface area contributed by atoms with Crippen LogP contribution in [0.5, 0.6) is 5.75 Å². The third kappa shape index (κ3) is 3.86. The van der Waals surface area contributed by atoms with E-state index in [4.69, 9.17) is 4.74 Å². The Labute approximate surface area is 158 Å². The number of benzene rings is 1. The number of hydrogen-bond donors (Lipinski definition) is 1. The third-order valence-electron chi connectivity index (χ3n) is 5.25. The van der Waals surface area contributed by atoms with Crippen molar-refractivity contribution in [3.05, 3.63) is 48.2 Å². The molecule has 5 rings (SSSR count). The second kappa shape index (κ2) is 7.68. The Morgan fingerprint density at radius 2 is 2.00 bits per heavy atom. The molecular formula is C20H23N3O2S. The highest BCUT2D eigenvalue weighted by atomic mass is 32.2. The van der Waals surface area contributed by atoms with Crippen molar-refractivity contribution in [2.45, 2.75) is 28.8 Å². The van der Waals surface area contributed by atoms with Crippen molar-refractivity contribution in [1.82, 2.24) is 15.2 Å². The Morgan fingerprint density at radius 1 is 1.23 bits per heavy atom. The number of nitrogens with zero attached hydrogens (tertiary/aromatic N) is 2. The lowest BCUT2D eigenvalue weighted by atomic mass is 9.84. The van der Waals surface area contributed by atoms with E-state index < -0.39 is 0 Å². The average Bonchev–Trinajstić information content (AvgIpc) is 2.69. The predicted molar refractivity (Wildman–Crippen MR) is 102 cm³/mol. The molecule has 1 atom stereocenters. The number of carbonyl (C=O) groups is 1. The quantitative estimate of drug-likeness (QED) is 0.878. The number of pyridine rings is 1. The highest BCUT2D eigenvalue weighted by Gasteiger charge is 2.34. The molecule has 0 spiro atoms. The highest BCUT2D eigenvalue weighted by molar-refractivity contribution is 7.99. The van der Waals surface area contributed by atoms with Crippen LogP contribution in [0.25, 0.3) is 0 Å². The Morgan fingerprint density at radius 3 is 2.65 bits per heavy atom. The maximum Gasteiger partial charge on any atom is 0.251 e. The van der Waals surface area contributed by atoms with Crippen molar-refractivity contribution >= 4 is 17.7 Å². The number of carbonyl (C=O) groups excluding carboxylic acids is 1. The van der Waals surface area contributed by atoms with Crippen LogP contribution >= 0.6 is 11.8 Å². The van der Waals surface area contributed by atoms with Gasteiger partial charge in [-0.25, -0.2) is 4.98 Å². The lowest BCUT2D eigenvalue weighted by Crippen LogP contribution is -2.57. The largest absolute Gasteiger partial charge is 0.497 e. The monoisotopic (exact) mass is 369 g/mol. The number of hydrogen-bond acceptors (Lipinski definition) is 5. The van der Waals surface area contributed by atoms with Crippen LogP contribution in [-0.4, -0.2) is 48.6 Å². The van der Waals surface area contributed by atoms with E-state index in [0.29, 0.717) is 17.5 Å². The van der Waals surface area contributed by atoms with Gasteiger partial charge < -0.3 is 15.0 Å². The molecule has 0 radical (unpaired) electrons. The number of nitrogens with one attached hydrogen (secondary N) is 1. The SMILES string of the molecule is COc1ccnc(Sc2ccc(C(=O)NC3CN4CCC3CC4)cc2)c1. The number of rotatable bonds is 5. The summed E-state index contributed by atoms with van der Waals surface area (Å²) in [5, 5.41) is 4.10. The number of fused-ring (bicyclic) bond motifs is 3. The van der Waals surface area contributed by atoms with Crippen LogP contribution in [0.2, 0.25) is 0 Å². The Bertz CT molecular complexity index is 773. The van der Waals surface area contributed by atoms with Gasteiger partial charge in [-0.15, -0.1) is 0 Å². The molecule has 3 aliphatic heterocycles. The molecule has 1 N–H and O–H groups in total. The van der Waals surface area contributed by atoms with Gasteiger partial charge in [0.1, 0.15) is 10.8 Å². The molecule has 3 fully saturated rings. The number of methoxy groups -OCH3 is 1. The normalized spacial score (nSPS) is 24.3. The summed E-state index contributed by atoms with van der Waals surface area (Å²) >= 11 is 1.55. The molecule has 1 aromatic carbocycles. The minimum absolute atomic E-state index is 0.0276. The second-order valence-electron chi connectivity index (χ2n) is 6.88. The molecule has 136 valence electrons. The van der Waals surface area contributed by atoms with Crippen molar-refractivity contribution in [2.75, 3.05) is 26.7 Å². The fraction of sp³-hybridized carbons (Fsp3) is 0.400. The van der Waals surface area contributed by atoms with Gasteiger partial charge in [-0.05, 0) is 62.2 Å². The van der Waals surface area contributed by atoms with Gasteiger partial charge in [-0.2, -0.15) is 0 Å². The van der Waals surface area contributed by atoms with Crippen LogP contribution in [0, 0.1) is 5.92 Å². The van der Waals surface area contributed by atoms with Crippen LogP contribution in [0.3, 0.4) is 0 Å². The molecule has 1 amide bonds. The van der Waals surface area contributed by atoms with Crippen molar-refractivity contribution in [3.8, 4) is 5.75 Å². The van der Waals surface area contributed by atoms with Crippen molar-refractivity contribution < 1.29 is 9.53 Å². The van der Waals surface area contributed by atoms with E-state index in [9.17, 15) is 4.79 Å². The van der Waals surface area contributed by atoms with Gasteiger partial charge in [0.15, 0.2) is 0 Å². The first-order valence-corrected chi connectivity index (χ1v) is 9.84. The van der Waals surface area contributed by atoms with Crippen LogP contribution < -0.4 is 10.1 Å². The molecule has 5 nitrogen and oxygen atoms in total. The number of aromatic nitrogens is 1. The zero-order valence-corrected chi connectivity index (χ0v) is 15.7. The molecular weight excluding hydrogens is 346 g/mol. The summed E-state index contributed by atoms with van der Waals surface area (Å²) in [5.41, 5.74) is 0.712. The van der Waals surface area contributed by atoms with Gasteiger partial charge in [-0.1, -0.05) is 11.8 Å². The summed E-state index contributed by atoms with van der Waals surface area (Å²) in [7, 11) is 1.65. The van der Waals surface area contributed by atoms with Crippen molar-refractivity contribution in [2.24, 2.45) is 5.92 Å². The lowest BCUT2D eigenvalue weighted by Gasteiger charge is -2.44. The van der Waals surface area contributed by atoms with E-state index in [1.807, 2.05) is 36.4 Å². The first-order chi connectivity index (χ1) is 12.7. The molecule has 1 aromatic heterocycles. The van der Waals surface area contributed by atoms with Gasteiger partial charge in [0, 0.05) is 35.3 Å². The van der Waals surface area contributed by atoms with Crippen LogP contribution in [0.1, 0.15) is 23.2 Å². The van der Waals surface area contributed by atoms with Gasteiger partial charge in [-0.3, -0.25) is 4.79 Å². The fourth-order valence-corrected chi connectivity index (χ4v) is 4.55. The van der Waals surface area contributed by atoms with Crippen molar-refractivity contribution in [3.63, 3.8) is 0 Å². The lowest BCUT2D eigenvalue weighted by molar-refractivity contribution is 0.0620. The standard InChI is InChI=1S/C20H23N3O2S/c1-25-16-6-9-21-19(12-16)26-17-4-2-15(3-5-17)20(24)22-18-13-23-10-7-14(18)8-11-23/h2-6,9,12,14,18H,7-8,10-11,13H2,1H3,(H,22,24). The van der Waals surface area contributed by atoms with Gasteiger partial charge in [0.25, 0.3) is 5.91 Å². The van der Waals surface area contributed by atoms with E-state index in [1.54, 1.807) is 25.1 Å². The highest BCUT2D eigenvalue weighted by Crippen LogP contribution is 2.29. The van der Waals surface area contributed by atoms with E-state index >= 15 is 0 Å². The first-order valence-electron chi connectivity index (χ1n) is 9.02. The second-order valence-corrected chi connectivity index (χ2v) is 7.97. The number of ether oxygens (including phenoxy) is 1. The Balaban J connectivity index is 1.38. The molecule has 1 unspecified atom stereocenters. The Kier molecular flexibility index (Phi) is 5.13. The topological polar surface area (TPSA) is 54.5 Å². The molecule has 6 heteroatoms. The summed E-state index contributed by atoms with van der Waals surface area (Å²) in [6.07, 6.45) is 4.14. The molecule has 0 saturated carbocycles. The molecule has 0 aliphatic carbocycles. The van der Waals surface area contributed by atoms with Crippen LogP contribution in [-0.2, 0) is 0 Å². The summed E-state index contributed by atoms with van der Waals surface area (Å²) in [5.74, 6) is 1.45. The first kappa shape index (κ1) is 17.4. The molecule has 4 heterocycles. The molecule has 3 aliphatic rings. The average molecular weight is 369 g/mol. The van der Waals surface area contributed by atoms with Crippen LogP contribution in [0.4, 0.5) is 0 Å². The number of piperidine rings is 3. The van der Waals surface area contributed by atoms with Gasteiger partial charge >= 0.3 is 0 Å². The zero-order valence-electron chi connectivity index (χ0n) is 14.9. The Hall–Kier alpha value is -2.05. The van der Waals surface area contributed by atoms with Crippen molar-refractivity contribution in [1.29, 1.82) is 0 Å². The summed E-state index contributed by atoms with van der Waals surface area (Å²) < 4.78 is 5.23. The molecule has 26 heavy (non-hydrogen) atoms. The smallest absolute Gasteiger partial charge is 0.251 e.